The third kappa shape index (κ3) is 3.61. The van der Waals surface area contributed by atoms with E-state index in [1.807, 2.05) is 43.3 Å². The van der Waals surface area contributed by atoms with Gasteiger partial charge < -0.3 is 5.32 Å². The molecule has 3 aromatic rings. The van der Waals surface area contributed by atoms with Crippen molar-refractivity contribution in [1.82, 2.24) is 15.1 Å². The zero-order valence-corrected chi connectivity index (χ0v) is 14.4. The van der Waals surface area contributed by atoms with Crippen LogP contribution in [0.2, 0.25) is 10.0 Å². The van der Waals surface area contributed by atoms with E-state index in [1.165, 1.54) is 0 Å². The maximum Gasteiger partial charge on any atom is 0.254 e. The van der Waals surface area contributed by atoms with Crippen molar-refractivity contribution in [2.45, 2.75) is 13.0 Å². The molecule has 0 fully saturated rings. The lowest BCUT2D eigenvalue weighted by Gasteiger charge is -2.14. The van der Waals surface area contributed by atoms with E-state index in [-0.39, 0.29) is 11.9 Å². The number of amides is 1. The van der Waals surface area contributed by atoms with E-state index in [1.54, 1.807) is 29.2 Å². The zero-order chi connectivity index (χ0) is 17.1. The fourth-order valence-electron chi connectivity index (χ4n) is 2.31. The van der Waals surface area contributed by atoms with Crippen molar-refractivity contribution >= 4 is 29.1 Å². The molecule has 122 valence electrons. The molecule has 1 atom stereocenters. The minimum Gasteiger partial charge on any atom is -0.345 e. The number of aromatic nitrogens is 2. The number of carbonyl (C=O) groups is 1. The average Bonchev–Trinajstić information content (AvgIpc) is 3.08. The molecule has 2 aromatic carbocycles. The standard InChI is InChI=1S/C18H15Cl2N3O/c1-12(13-7-8-16(19)17(20)9-13)22-18(24)14-10-21-23(11-14)15-5-3-2-4-6-15/h2-12H,1H3,(H,22,24). The van der Waals surface area contributed by atoms with Crippen molar-refractivity contribution in [3.63, 3.8) is 0 Å². The van der Waals surface area contributed by atoms with Crippen LogP contribution in [-0.4, -0.2) is 15.7 Å². The number of nitrogens with zero attached hydrogens (tertiary/aromatic N) is 2. The van der Waals surface area contributed by atoms with Gasteiger partial charge in [0.1, 0.15) is 0 Å². The van der Waals surface area contributed by atoms with Gasteiger partial charge in [-0.15, -0.1) is 0 Å². The van der Waals surface area contributed by atoms with Crippen molar-refractivity contribution in [3.8, 4) is 5.69 Å². The van der Waals surface area contributed by atoms with Crippen molar-refractivity contribution in [2.75, 3.05) is 0 Å². The smallest absolute Gasteiger partial charge is 0.254 e. The van der Waals surface area contributed by atoms with Gasteiger partial charge in [0.25, 0.3) is 5.91 Å². The van der Waals surface area contributed by atoms with Crippen LogP contribution in [0.3, 0.4) is 0 Å². The van der Waals surface area contributed by atoms with Crippen molar-refractivity contribution in [2.24, 2.45) is 0 Å². The second-order valence-electron chi connectivity index (χ2n) is 5.38. The Bertz CT molecular complexity index is 862. The molecule has 1 heterocycles. The van der Waals surface area contributed by atoms with Gasteiger partial charge in [-0.1, -0.05) is 47.5 Å². The Hall–Kier alpha value is -2.30. The number of halogens is 2. The summed E-state index contributed by atoms with van der Waals surface area (Å²) < 4.78 is 1.67. The minimum atomic E-state index is -0.202. The highest BCUT2D eigenvalue weighted by Crippen LogP contribution is 2.25. The maximum absolute atomic E-state index is 12.4. The van der Waals surface area contributed by atoms with E-state index >= 15 is 0 Å². The molecule has 0 bridgehead atoms. The Kier molecular flexibility index (Phi) is 4.88. The molecule has 0 aliphatic heterocycles. The molecular weight excluding hydrogens is 345 g/mol. The number of carbonyl (C=O) groups excluding carboxylic acids is 1. The highest BCUT2D eigenvalue weighted by molar-refractivity contribution is 6.42. The molecule has 0 saturated heterocycles. The van der Waals surface area contributed by atoms with Crippen LogP contribution in [-0.2, 0) is 0 Å². The fourth-order valence-corrected chi connectivity index (χ4v) is 2.61. The molecule has 1 amide bonds. The van der Waals surface area contributed by atoms with Crippen molar-refractivity contribution < 1.29 is 4.79 Å². The third-order valence-electron chi connectivity index (χ3n) is 3.66. The van der Waals surface area contributed by atoms with Gasteiger partial charge in [0, 0.05) is 6.20 Å². The number of rotatable bonds is 4. The molecule has 0 spiro atoms. The largest absolute Gasteiger partial charge is 0.345 e. The van der Waals surface area contributed by atoms with E-state index in [0.717, 1.165) is 11.3 Å². The lowest BCUT2D eigenvalue weighted by Crippen LogP contribution is -2.26. The predicted molar refractivity (Wildman–Crippen MR) is 95.9 cm³/mol. The van der Waals surface area contributed by atoms with Crippen LogP contribution in [0.1, 0.15) is 28.9 Å². The fraction of sp³-hybridized carbons (Fsp3) is 0.111. The van der Waals surface area contributed by atoms with Gasteiger partial charge in [0.15, 0.2) is 0 Å². The number of hydrogen-bond donors (Lipinski definition) is 1. The van der Waals surface area contributed by atoms with Gasteiger partial charge in [-0.25, -0.2) is 4.68 Å². The number of para-hydroxylation sites is 1. The monoisotopic (exact) mass is 359 g/mol. The van der Waals surface area contributed by atoms with Gasteiger partial charge in [-0.3, -0.25) is 4.79 Å². The summed E-state index contributed by atoms with van der Waals surface area (Å²) in [5.41, 5.74) is 2.27. The Morgan fingerprint density at radius 1 is 1.12 bits per heavy atom. The molecule has 24 heavy (non-hydrogen) atoms. The predicted octanol–water partition coefficient (Wildman–Crippen LogP) is 4.67. The maximum atomic E-state index is 12.4. The number of nitrogens with one attached hydrogen (secondary N) is 1. The summed E-state index contributed by atoms with van der Waals surface area (Å²) in [7, 11) is 0. The average molecular weight is 360 g/mol. The molecule has 0 aliphatic rings. The van der Waals surface area contributed by atoms with Crippen LogP contribution in [0.25, 0.3) is 5.69 Å². The summed E-state index contributed by atoms with van der Waals surface area (Å²) in [5, 5.41) is 8.11. The quantitative estimate of drug-likeness (QED) is 0.735. The van der Waals surface area contributed by atoms with Gasteiger partial charge in [0.2, 0.25) is 0 Å². The molecular formula is C18H15Cl2N3O. The summed E-state index contributed by atoms with van der Waals surface area (Å²) >= 11 is 11.9. The van der Waals surface area contributed by atoms with Crippen molar-refractivity contribution in [3.05, 3.63) is 82.1 Å². The lowest BCUT2D eigenvalue weighted by molar-refractivity contribution is 0.0940. The molecule has 3 rings (SSSR count). The summed E-state index contributed by atoms with van der Waals surface area (Å²) in [6, 6.07) is 14.7. The molecule has 0 saturated carbocycles. The van der Waals surface area contributed by atoms with Crippen molar-refractivity contribution in [1.29, 1.82) is 0 Å². The van der Waals surface area contributed by atoms with E-state index < -0.39 is 0 Å². The van der Waals surface area contributed by atoms with E-state index in [0.29, 0.717) is 15.6 Å². The van der Waals surface area contributed by atoms with Crippen LogP contribution in [0.5, 0.6) is 0 Å². The number of hydrogen-bond acceptors (Lipinski definition) is 2. The number of benzene rings is 2. The van der Waals surface area contributed by atoms with E-state index in [9.17, 15) is 4.79 Å². The Morgan fingerprint density at radius 3 is 2.58 bits per heavy atom. The van der Waals surface area contributed by atoms with Gasteiger partial charge in [-0.2, -0.15) is 5.10 Å². The first kappa shape index (κ1) is 16.6. The molecule has 0 aliphatic carbocycles. The second-order valence-corrected chi connectivity index (χ2v) is 6.19. The summed E-state index contributed by atoms with van der Waals surface area (Å²) in [6.07, 6.45) is 3.25. The molecule has 4 nitrogen and oxygen atoms in total. The molecule has 1 N–H and O–H groups in total. The Labute approximate surface area is 150 Å². The first-order valence-electron chi connectivity index (χ1n) is 7.40. The summed E-state index contributed by atoms with van der Waals surface area (Å²) in [4.78, 5) is 12.4. The van der Waals surface area contributed by atoms with Crippen LogP contribution >= 0.6 is 23.2 Å². The summed E-state index contributed by atoms with van der Waals surface area (Å²) in [5.74, 6) is -0.198. The van der Waals surface area contributed by atoms with E-state index in [2.05, 4.69) is 10.4 Å². The SMILES string of the molecule is CC(NC(=O)c1cnn(-c2ccccc2)c1)c1ccc(Cl)c(Cl)c1. The Morgan fingerprint density at radius 2 is 1.88 bits per heavy atom. The molecule has 6 heteroatoms. The lowest BCUT2D eigenvalue weighted by atomic mass is 10.1. The summed E-state index contributed by atoms with van der Waals surface area (Å²) in [6.45, 7) is 1.89. The second kappa shape index (κ2) is 7.07. The van der Waals surface area contributed by atoms with Gasteiger partial charge in [0.05, 0.1) is 33.5 Å². The normalized spacial score (nSPS) is 12.0. The molecule has 1 aromatic heterocycles. The first-order chi connectivity index (χ1) is 11.5. The highest BCUT2D eigenvalue weighted by Gasteiger charge is 2.14. The van der Waals surface area contributed by atoms with Gasteiger partial charge >= 0.3 is 0 Å². The first-order valence-corrected chi connectivity index (χ1v) is 8.16. The molecule has 1 unspecified atom stereocenters. The van der Waals surface area contributed by atoms with Crippen LogP contribution in [0.15, 0.2) is 60.9 Å². The topological polar surface area (TPSA) is 46.9 Å². The Balaban J connectivity index is 1.73. The highest BCUT2D eigenvalue weighted by atomic mass is 35.5. The molecule has 0 radical (unpaired) electrons. The van der Waals surface area contributed by atoms with Crippen LogP contribution in [0, 0.1) is 0 Å². The van der Waals surface area contributed by atoms with Crippen LogP contribution in [0.4, 0.5) is 0 Å². The zero-order valence-electron chi connectivity index (χ0n) is 12.9. The van der Waals surface area contributed by atoms with Gasteiger partial charge in [-0.05, 0) is 36.8 Å². The van der Waals surface area contributed by atoms with Crippen LogP contribution < -0.4 is 5.32 Å². The third-order valence-corrected chi connectivity index (χ3v) is 4.40. The minimum absolute atomic E-state index is 0.198. The van der Waals surface area contributed by atoms with E-state index in [4.69, 9.17) is 23.2 Å².